The Morgan fingerprint density at radius 1 is 1.18 bits per heavy atom. The molecule has 4 rings (SSSR count). The highest BCUT2D eigenvalue weighted by Crippen LogP contribution is 2.33. The van der Waals surface area contributed by atoms with E-state index < -0.39 is 11.9 Å². The Kier molecular flexibility index (Phi) is 6.98. The molecule has 3 aromatic heterocycles. The molecule has 0 saturated carbocycles. The molecule has 172 valence electrons. The fourth-order valence-electron chi connectivity index (χ4n) is 3.60. The molecule has 0 saturated heterocycles. The van der Waals surface area contributed by atoms with E-state index in [-0.39, 0.29) is 25.9 Å². The van der Waals surface area contributed by atoms with Crippen LogP contribution in [-0.2, 0) is 16.0 Å². The minimum Gasteiger partial charge on any atom is -0.493 e. The summed E-state index contributed by atoms with van der Waals surface area (Å²) in [7, 11) is 0. The smallest absolute Gasteiger partial charge is 0.329 e. The Bertz CT molecular complexity index is 1120. The highest BCUT2D eigenvalue weighted by molar-refractivity contribution is 5.67. The number of hydrogen-bond donors (Lipinski definition) is 1. The predicted molar refractivity (Wildman–Crippen MR) is 115 cm³/mol. The largest absolute Gasteiger partial charge is 0.493 e. The van der Waals surface area contributed by atoms with E-state index in [9.17, 15) is 9.18 Å². The van der Waals surface area contributed by atoms with E-state index in [1.54, 1.807) is 30.7 Å². The Balaban J connectivity index is 1.44. The number of carboxylic acids is 1. The van der Waals surface area contributed by atoms with Crippen molar-refractivity contribution in [3.63, 3.8) is 0 Å². The third-order valence-corrected chi connectivity index (χ3v) is 5.15. The minimum atomic E-state index is -1.02. The molecule has 1 unspecified atom stereocenters. The molecule has 0 aromatic carbocycles. The lowest BCUT2D eigenvalue weighted by Crippen LogP contribution is -2.35. The van der Waals surface area contributed by atoms with Crippen molar-refractivity contribution in [3.05, 3.63) is 54.0 Å². The SMILES string of the molecule is CC1c2cnc(-c3ncccn3)nc2CCN1c1cc(OCCCOCC(=O)O)cc(F)n1. The molecule has 3 aromatic rings. The van der Waals surface area contributed by atoms with Gasteiger partial charge in [-0.15, -0.1) is 0 Å². The fraction of sp³-hybridized carbons (Fsp3) is 0.364. The van der Waals surface area contributed by atoms with Crippen LogP contribution in [0.25, 0.3) is 11.6 Å². The summed E-state index contributed by atoms with van der Waals surface area (Å²) in [6.45, 7) is 2.74. The van der Waals surface area contributed by atoms with Crippen molar-refractivity contribution in [2.24, 2.45) is 0 Å². The lowest BCUT2D eigenvalue weighted by atomic mass is 9.99. The van der Waals surface area contributed by atoms with Crippen LogP contribution in [0.15, 0.2) is 36.8 Å². The first-order chi connectivity index (χ1) is 16.0. The number of ether oxygens (including phenoxy) is 2. The van der Waals surface area contributed by atoms with Crippen molar-refractivity contribution in [2.45, 2.75) is 25.8 Å². The lowest BCUT2D eigenvalue weighted by molar-refractivity contribution is -0.142. The first-order valence-corrected chi connectivity index (χ1v) is 10.5. The van der Waals surface area contributed by atoms with Crippen molar-refractivity contribution in [1.82, 2.24) is 24.9 Å². The quantitative estimate of drug-likeness (QED) is 0.381. The Labute approximate surface area is 189 Å². The first-order valence-electron chi connectivity index (χ1n) is 10.5. The number of carbonyl (C=O) groups is 1. The fourth-order valence-corrected chi connectivity index (χ4v) is 3.60. The van der Waals surface area contributed by atoms with Gasteiger partial charge in [-0.1, -0.05) is 0 Å². The molecular weight excluding hydrogens is 431 g/mol. The Morgan fingerprint density at radius 2 is 2.00 bits per heavy atom. The van der Waals surface area contributed by atoms with E-state index in [0.717, 1.165) is 11.3 Å². The topological polar surface area (TPSA) is 123 Å². The lowest BCUT2D eigenvalue weighted by Gasteiger charge is -2.35. The van der Waals surface area contributed by atoms with Crippen molar-refractivity contribution in [1.29, 1.82) is 0 Å². The summed E-state index contributed by atoms with van der Waals surface area (Å²) in [5.41, 5.74) is 1.84. The zero-order valence-electron chi connectivity index (χ0n) is 18.0. The van der Waals surface area contributed by atoms with Gasteiger partial charge in [-0.2, -0.15) is 4.39 Å². The summed E-state index contributed by atoms with van der Waals surface area (Å²) in [5.74, 6) is 0.0843. The highest BCUT2D eigenvalue weighted by atomic mass is 19.1. The number of nitrogens with zero attached hydrogens (tertiary/aromatic N) is 6. The van der Waals surface area contributed by atoms with Gasteiger partial charge in [0.15, 0.2) is 11.6 Å². The monoisotopic (exact) mass is 454 g/mol. The summed E-state index contributed by atoms with van der Waals surface area (Å²) in [6.07, 6.45) is 6.17. The molecule has 0 radical (unpaired) electrons. The molecular formula is C22H23FN6O4. The van der Waals surface area contributed by atoms with Crippen molar-refractivity contribution < 1.29 is 23.8 Å². The average molecular weight is 454 g/mol. The number of fused-ring (bicyclic) bond motifs is 1. The number of pyridine rings is 1. The van der Waals surface area contributed by atoms with E-state index in [0.29, 0.717) is 42.6 Å². The summed E-state index contributed by atoms with van der Waals surface area (Å²) in [4.78, 5) is 33.9. The van der Waals surface area contributed by atoms with Crippen LogP contribution in [0.5, 0.6) is 5.75 Å². The Morgan fingerprint density at radius 3 is 2.79 bits per heavy atom. The third-order valence-electron chi connectivity index (χ3n) is 5.15. The first kappa shape index (κ1) is 22.5. The number of carboxylic acid groups (broad SMARTS) is 1. The highest BCUT2D eigenvalue weighted by Gasteiger charge is 2.27. The van der Waals surface area contributed by atoms with Crippen molar-refractivity contribution >= 4 is 11.8 Å². The average Bonchev–Trinajstić information content (AvgIpc) is 2.81. The van der Waals surface area contributed by atoms with Crippen LogP contribution in [-0.4, -0.2) is 62.4 Å². The van der Waals surface area contributed by atoms with Gasteiger partial charge >= 0.3 is 5.97 Å². The number of aromatic nitrogens is 5. The van der Waals surface area contributed by atoms with Crippen molar-refractivity contribution in [3.8, 4) is 17.4 Å². The number of anilines is 1. The molecule has 0 spiro atoms. The molecule has 0 aliphatic carbocycles. The van der Waals surface area contributed by atoms with Gasteiger partial charge in [0, 0.05) is 55.7 Å². The zero-order chi connectivity index (χ0) is 23.2. The van der Waals surface area contributed by atoms with Crippen LogP contribution in [0.3, 0.4) is 0 Å². The van der Waals surface area contributed by atoms with Crippen LogP contribution in [0, 0.1) is 5.95 Å². The second kappa shape index (κ2) is 10.3. The van der Waals surface area contributed by atoms with Gasteiger partial charge < -0.3 is 19.5 Å². The summed E-state index contributed by atoms with van der Waals surface area (Å²) in [5, 5.41) is 8.56. The molecule has 0 fully saturated rings. The van der Waals surface area contributed by atoms with Crippen LogP contribution < -0.4 is 9.64 Å². The minimum absolute atomic E-state index is 0.119. The number of hydrogen-bond acceptors (Lipinski definition) is 9. The molecule has 33 heavy (non-hydrogen) atoms. The number of aliphatic carboxylic acids is 1. The van der Waals surface area contributed by atoms with Crippen LogP contribution in [0.4, 0.5) is 10.2 Å². The van der Waals surface area contributed by atoms with E-state index in [1.165, 1.54) is 6.07 Å². The number of rotatable bonds is 9. The normalized spacial score (nSPS) is 15.2. The van der Waals surface area contributed by atoms with Gasteiger partial charge in [0.05, 0.1) is 24.9 Å². The molecule has 1 aliphatic heterocycles. The second-order valence-electron chi connectivity index (χ2n) is 7.42. The maximum Gasteiger partial charge on any atom is 0.329 e. The van der Waals surface area contributed by atoms with Crippen molar-refractivity contribution in [2.75, 3.05) is 31.3 Å². The summed E-state index contributed by atoms with van der Waals surface area (Å²) >= 11 is 0. The van der Waals surface area contributed by atoms with Gasteiger partial charge in [-0.05, 0) is 13.0 Å². The van der Waals surface area contributed by atoms with Crippen LogP contribution in [0.1, 0.15) is 30.6 Å². The van der Waals surface area contributed by atoms with E-state index in [1.807, 2.05) is 11.8 Å². The van der Waals surface area contributed by atoms with E-state index in [4.69, 9.17) is 14.6 Å². The van der Waals surface area contributed by atoms with Gasteiger partial charge in [-0.25, -0.2) is 29.7 Å². The molecule has 4 heterocycles. The molecule has 1 aliphatic rings. The van der Waals surface area contributed by atoms with E-state index in [2.05, 4.69) is 24.9 Å². The molecule has 0 bridgehead atoms. The summed E-state index contributed by atoms with van der Waals surface area (Å²) < 4.78 is 24.8. The maximum absolute atomic E-state index is 14.2. The van der Waals surface area contributed by atoms with Crippen LogP contribution >= 0.6 is 0 Å². The molecule has 11 heteroatoms. The van der Waals surface area contributed by atoms with Crippen LogP contribution in [0.2, 0.25) is 0 Å². The zero-order valence-corrected chi connectivity index (χ0v) is 18.0. The molecule has 1 atom stereocenters. The standard InChI is InChI=1S/C22H23FN6O4/c1-14-16-12-26-22(21-24-5-2-6-25-21)27-17(16)4-7-29(14)19-11-15(10-18(23)28-19)33-9-3-8-32-13-20(30)31/h2,5-6,10-12,14H,3-4,7-9,13H2,1H3,(H,30,31). The second-order valence-corrected chi connectivity index (χ2v) is 7.42. The predicted octanol–water partition coefficient (Wildman–Crippen LogP) is 2.46. The maximum atomic E-state index is 14.2. The van der Waals surface area contributed by atoms with E-state index >= 15 is 0 Å². The van der Waals surface area contributed by atoms with Gasteiger partial charge in [0.1, 0.15) is 18.2 Å². The van der Waals surface area contributed by atoms with Gasteiger partial charge in [-0.3, -0.25) is 0 Å². The third kappa shape index (κ3) is 5.55. The van der Waals surface area contributed by atoms with Gasteiger partial charge in [0.2, 0.25) is 5.95 Å². The Hall–Kier alpha value is -3.73. The molecule has 10 nitrogen and oxygen atoms in total. The van der Waals surface area contributed by atoms with Gasteiger partial charge in [0.25, 0.3) is 0 Å². The number of halogens is 1. The molecule has 1 N–H and O–H groups in total. The molecule has 0 amide bonds. The summed E-state index contributed by atoms with van der Waals surface area (Å²) in [6, 6.07) is 4.53.